The van der Waals surface area contributed by atoms with Crippen LogP contribution in [0.15, 0.2) is 24.3 Å². The lowest BCUT2D eigenvalue weighted by atomic mass is 10.2. The van der Waals surface area contributed by atoms with Crippen LogP contribution in [0.5, 0.6) is 11.5 Å². The summed E-state index contributed by atoms with van der Waals surface area (Å²) < 4.78 is 10.4. The van der Waals surface area contributed by atoms with E-state index in [1.165, 1.54) is 0 Å². The number of ether oxygens (including phenoxy) is 2. The predicted octanol–water partition coefficient (Wildman–Crippen LogP) is 1.80. The molecule has 1 saturated heterocycles. The van der Waals surface area contributed by atoms with Crippen molar-refractivity contribution in [3.05, 3.63) is 29.8 Å². The van der Waals surface area contributed by atoms with E-state index in [4.69, 9.17) is 9.47 Å². The second kappa shape index (κ2) is 8.38. The maximum absolute atomic E-state index is 12.4. The van der Waals surface area contributed by atoms with Gasteiger partial charge in [-0.15, -0.1) is 0 Å². The average Bonchev–Trinajstić information content (AvgIpc) is 2.85. The second-order valence-corrected chi connectivity index (χ2v) is 5.66. The number of rotatable bonds is 4. The molecule has 1 aromatic rings. The number of nitrogens with zero attached hydrogens (tertiary/aromatic N) is 2. The maximum Gasteiger partial charge on any atom is 0.246 e. The Morgan fingerprint density at radius 1 is 0.958 bits per heavy atom. The molecule has 1 fully saturated rings. The number of methoxy groups -OCH3 is 2. The molecule has 0 bridgehead atoms. The fourth-order valence-electron chi connectivity index (χ4n) is 2.65. The van der Waals surface area contributed by atoms with Gasteiger partial charge in [-0.1, -0.05) is 0 Å². The van der Waals surface area contributed by atoms with Gasteiger partial charge in [-0.25, -0.2) is 0 Å². The molecule has 0 radical (unpaired) electrons. The van der Waals surface area contributed by atoms with Gasteiger partial charge in [0.15, 0.2) is 0 Å². The first-order chi connectivity index (χ1) is 11.5. The van der Waals surface area contributed by atoms with E-state index in [1.54, 1.807) is 49.2 Å². The molecule has 130 valence electrons. The van der Waals surface area contributed by atoms with E-state index in [-0.39, 0.29) is 11.8 Å². The Bertz CT molecular complexity index is 605. The Morgan fingerprint density at radius 2 is 1.54 bits per heavy atom. The van der Waals surface area contributed by atoms with Gasteiger partial charge in [0.25, 0.3) is 0 Å². The molecule has 1 aliphatic heterocycles. The van der Waals surface area contributed by atoms with Crippen molar-refractivity contribution in [2.45, 2.75) is 13.3 Å². The molecule has 0 unspecified atom stereocenters. The van der Waals surface area contributed by atoms with Crippen LogP contribution < -0.4 is 9.47 Å². The first-order valence-electron chi connectivity index (χ1n) is 7.99. The fraction of sp³-hybridized carbons (Fsp3) is 0.444. The Morgan fingerprint density at radius 3 is 2.12 bits per heavy atom. The molecule has 6 heteroatoms. The van der Waals surface area contributed by atoms with Gasteiger partial charge in [-0.2, -0.15) is 0 Å². The minimum Gasteiger partial charge on any atom is -0.497 e. The summed E-state index contributed by atoms with van der Waals surface area (Å²) in [7, 11) is 3.18. The zero-order chi connectivity index (χ0) is 17.5. The van der Waals surface area contributed by atoms with Crippen molar-refractivity contribution in [3.8, 4) is 11.5 Å². The van der Waals surface area contributed by atoms with Crippen molar-refractivity contribution in [1.29, 1.82) is 0 Å². The monoisotopic (exact) mass is 332 g/mol. The van der Waals surface area contributed by atoms with Crippen molar-refractivity contribution < 1.29 is 19.1 Å². The van der Waals surface area contributed by atoms with Crippen molar-refractivity contribution >= 4 is 17.9 Å². The molecule has 2 amide bonds. The molecule has 2 rings (SSSR count). The van der Waals surface area contributed by atoms with E-state index in [2.05, 4.69) is 0 Å². The Hall–Kier alpha value is -2.50. The van der Waals surface area contributed by atoms with Crippen LogP contribution >= 0.6 is 0 Å². The zero-order valence-electron chi connectivity index (χ0n) is 14.4. The van der Waals surface area contributed by atoms with Crippen LogP contribution in [-0.2, 0) is 9.59 Å². The Balaban J connectivity index is 2.03. The lowest BCUT2D eigenvalue weighted by molar-refractivity contribution is -0.130. The van der Waals surface area contributed by atoms with Gasteiger partial charge >= 0.3 is 0 Å². The molecule has 1 aromatic carbocycles. The minimum absolute atomic E-state index is 0.0535. The minimum atomic E-state index is -0.0535. The molecule has 1 heterocycles. The average molecular weight is 332 g/mol. The molecule has 0 saturated carbocycles. The first kappa shape index (κ1) is 17.8. The Kier molecular flexibility index (Phi) is 6.23. The summed E-state index contributed by atoms with van der Waals surface area (Å²) in [5.74, 6) is 1.35. The number of hydrogen-bond donors (Lipinski definition) is 0. The van der Waals surface area contributed by atoms with E-state index in [9.17, 15) is 9.59 Å². The number of carbonyl (C=O) groups excluding carboxylic acids is 2. The highest BCUT2D eigenvalue weighted by Crippen LogP contribution is 2.23. The van der Waals surface area contributed by atoms with Gasteiger partial charge in [0.1, 0.15) is 11.5 Å². The van der Waals surface area contributed by atoms with Crippen molar-refractivity contribution in [1.82, 2.24) is 9.80 Å². The van der Waals surface area contributed by atoms with Gasteiger partial charge in [0.2, 0.25) is 11.8 Å². The third-order valence-corrected chi connectivity index (χ3v) is 4.05. The molecule has 1 aliphatic rings. The molecule has 0 atom stereocenters. The SMILES string of the molecule is COc1cc(/C=C/C(=O)N2CCCN(C(C)=O)CC2)cc(OC)c1. The summed E-state index contributed by atoms with van der Waals surface area (Å²) >= 11 is 0. The predicted molar refractivity (Wildman–Crippen MR) is 92.0 cm³/mol. The van der Waals surface area contributed by atoms with Crippen LogP contribution in [0.3, 0.4) is 0 Å². The van der Waals surface area contributed by atoms with Crippen LogP contribution in [0, 0.1) is 0 Å². The third-order valence-electron chi connectivity index (χ3n) is 4.05. The summed E-state index contributed by atoms with van der Waals surface area (Å²) in [6.07, 6.45) is 4.10. The lowest BCUT2D eigenvalue weighted by Gasteiger charge is -2.20. The number of hydrogen-bond acceptors (Lipinski definition) is 4. The van der Waals surface area contributed by atoms with Gasteiger partial charge in [-0.05, 0) is 30.2 Å². The van der Waals surface area contributed by atoms with E-state index in [0.717, 1.165) is 12.0 Å². The molecule has 6 nitrogen and oxygen atoms in total. The van der Waals surface area contributed by atoms with Gasteiger partial charge < -0.3 is 19.3 Å². The highest BCUT2D eigenvalue weighted by molar-refractivity contribution is 5.92. The molecular weight excluding hydrogens is 308 g/mol. The highest BCUT2D eigenvalue weighted by Gasteiger charge is 2.18. The van der Waals surface area contributed by atoms with Crippen LogP contribution in [-0.4, -0.2) is 62.0 Å². The molecule has 24 heavy (non-hydrogen) atoms. The molecule has 0 aromatic heterocycles. The van der Waals surface area contributed by atoms with Crippen LogP contribution in [0.25, 0.3) is 6.08 Å². The van der Waals surface area contributed by atoms with E-state index >= 15 is 0 Å². The second-order valence-electron chi connectivity index (χ2n) is 5.66. The summed E-state index contributed by atoms with van der Waals surface area (Å²) in [6, 6.07) is 5.46. The van der Waals surface area contributed by atoms with Crippen molar-refractivity contribution in [2.75, 3.05) is 40.4 Å². The number of amides is 2. The highest BCUT2D eigenvalue weighted by atomic mass is 16.5. The van der Waals surface area contributed by atoms with Crippen LogP contribution in [0.2, 0.25) is 0 Å². The van der Waals surface area contributed by atoms with E-state index in [1.807, 2.05) is 12.1 Å². The fourth-order valence-corrected chi connectivity index (χ4v) is 2.65. The van der Waals surface area contributed by atoms with Gasteiger partial charge in [0, 0.05) is 45.2 Å². The van der Waals surface area contributed by atoms with Crippen LogP contribution in [0.1, 0.15) is 18.9 Å². The van der Waals surface area contributed by atoms with E-state index < -0.39 is 0 Å². The Labute approximate surface area is 142 Å². The van der Waals surface area contributed by atoms with Gasteiger partial charge in [0.05, 0.1) is 14.2 Å². The van der Waals surface area contributed by atoms with Crippen molar-refractivity contribution in [3.63, 3.8) is 0 Å². The van der Waals surface area contributed by atoms with Crippen molar-refractivity contribution in [2.24, 2.45) is 0 Å². The lowest BCUT2D eigenvalue weighted by Crippen LogP contribution is -2.35. The summed E-state index contributed by atoms with van der Waals surface area (Å²) in [6.45, 7) is 4.07. The summed E-state index contributed by atoms with van der Waals surface area (Å²) in [5.41, 5.74) is 0.833. The molecule has 0 spiro atoms. The smallest absolute Gasteiger partial charge is 0.246 e. The quantitative estimate of drug-likeness (QED) is 0.789. The number of carbonyl (C=O) groups is 2. The third kappa shape index (κ3) is 4.75. The molecular formula is C18H24N2O4. The van der Waals surface area contributed by atoms with Crippen LogP contribution in [0.4, 0.5) is 0 Å². The van der Waals surface area contributed by atoms with E-state index in [0.29, 0.717) is 37.7 Å². The molecule has 0 aliphatic carbocycles. The summed E-state index contributed by atoms with van der Waals surface area (Å²) in [4.78, 5) is 27.4. The first-order valence-corrected chi connectivity index (χ1v) is 7.99. The normalized spacial score (nSPS) is 15.3. The topological polar surface area (TPSA) is 59.1 Å². The summed E-state index contributed by atoms with van der Waals surface area (Å²) in [5, 5.41) is 0. The number of benzene rings is 1. The zero-order valence-corrected chi connectivity index (χ0v) is 14.4. The largest absolute Gasteiger partial charge is 0.497 e. The standard InChI is InChI=1S/C18H24N2O4/c1-14(21)19-7-4-8-20(10-9-19)18(22)6-5-15-11-16(23-2)13-17(12-15)24-3/h5-6,11-13H,4,7-10H2,1-3H3/b6-5+. The maximum atomic E-state index is 12.4. The molecule has 0 N–H and O–H groups in total. The van der Waals surface area contributed by atoms with Gasteiger partial charge in [-0.3, -0.25) is 9.59 Å².